The number of benzene rings is 2. The number of hydrogen-bond acceptors (Lipinski definition) is 4. The lowest BCUT2D eigenvalue weighted by Crippen LogP contribution is -2.40. The molecule has 35 heavy (non-hydrogen) atoms. The smallest absolute Gasteiger partial charge is 0.322 e. The summed E-state index contributed by atoms with van der Waals surface area (Å²) >= 11 is 7.35. The van der Waals surface area contributed by atoms with Gasteiger partial charge in [-0.1, -0.05) is 41.9 Å². The molecule has 8 heteroatoms. The van der Waals surface area contributed by atoms with E-state index in [1.54, 1.807) is 29.2 Å². The van der Waals surface area contributed by atoms with Crippen molar-refractivity contribution in [2.45, 2.75) is 45.7 Å². The molecule has 0 unspecified atom stereocenters. The average Bonchev–Trinajstić information content (AvgIpc) is 3.33. The van der Waals surface area contributed by atoms with Gasteiger partial charge in [-0.2, -0.15) is 0 Å². The molecule has 6 nitrogen and oxygen atoms in total. The van der Waals surface area contributed by atoms with Crippen LogP contribution >= 0.6 is 22.9 Å². The standard InChI is InChI=1S/C27H31ClN4O2S/c1-19(2)32(27(34)29-23-10-8-22(28)9-11-23)17-25-30-24(18-35-25)26(33)31-14-12-21(13-15-31)16-20-6-4-3-5-7-20/h3-11,18-19,21H,12-17H2,1-2H3,(H,29,34). The van der Waals surface area contributed by atoms with Crippen molar-refractivity contribution in [2.75, 3.05) is 18.4 Å². The lowest BCUT2D eigenvalue weighted by Gasteiger charge is -2.31. The molecule has 0 spiro atoms. The molecule has 0 radical (unpaired) electrons. The van der Waals surface area contributed by atoms with Gasteiger partial charge in [0.15, 0.2) is 0 Å². The molecule has 0 saturated carbocycles. The van der Waals surface area contributed by atoms with Gasteiger partial charge in [0.2, 0.25) is 0 Å². The minimum Gasteiger partial charge on any atom is -0.337 e. The van der Waals surface area contributed by atoms with Crippen LogP contribution in [0.5, 0.6) is 0 Å². The fourth-order valence-electron chi connectivity index (χ4n) is 4.29. The lowest BCUT2D eigenvalue weighted by atomic mass is 9.90. The lowest BCUT2D eigenvalue weighted by molar-refractivity contribution is 0.0685. The maximum Gasteiger partial charge on any atom is 0.322 e. The Hall–Kier alpha value is -2.90. The molecule has 1 aromatic heterocycles. The third kappa shape index (κ3) is 6.83. The Balaban J connectivity index is 1.32. The molecule has 2 heterocycles. The summed E-state index contributed by atoms with van der Waals surface area (Å²) in [7, 11) is 0. The minimum absolute atomic E-state index is 0.0210. The van der Waals surface area contributed by atoms with Crippen molar-refractivity contribution < 1.29 is 9.59 Å². The van der Waals surface area contributed by atoms with E-state index in [0.717, 1.165) is 37.4 Å². The van der Waals surface area contributed by atoms with Crippen LogP contribution in [0, 0.1) is 5.92 Å². The predicted octanol–water partition coefficient (Wildman–Crippen LogP) is 6.33. The van der Waals surface area contributed by atoms with E-state index in [4.69, 9.17) is 11.6 Å². The molecule has 3 aromatic rings. The maximum absolute atomic E-state index is 13.1. The van der Waals surface area contributed by atoms with Gasteiger partial charge in [0.1, 0.15) is 10.7 Å². The fraction of sp³-hybridized carbons (Fsp3) is 0.370. The number of urea groups is 1. The highest BCUT2D eigenvalue weighted by atomic mass is 35.5. The molecular weight excluding hydrogens is 480 g/mol. The summed E-state index contributed by atoms with van der Waals surface area (Å²) in [6.07, 6.45) is 3.07. The fourth-order valence-corrected chi connectivity index (χ4v) is 5.19. The first-order chi connectivity index (χ1) is 16.9. The summed E-state index contributed by atoms with van der Waals surface area (Å²) in [4.78, 5) is 34.1. The first-order valence-corrected chi connectivity index (χ1v) is 13.3. The summed E-state index contributed by atoms with van der Waals surface area (Å²) in [5, 5.41) is 6.07. The van der Waals surface area contributed by atoms with Gasteiger partial charge < -0.3 is 15.1 Å². The number of likely N-dealkylation sites (tertiary alicyclic amines) is 1. The molecule has 1 N–H and O–H groups in total. The second-order valence-electron chi connectivity index (χ2n) is 9.21. The zero-order chi connectivity index (χ0) is 24.8. The molecule has 0 bridgehead atoms. The van der Waals surface area contributed by atoms with Crippen LogP contribution in [0.1, 0.15) is 47.7 Å². The third-order valence-corrected chi connectivity index (χ3v) is 7.41. The number of rotatable bonds is 7. The van der Waals surface area contributed by atoms with Gasteiger partial charge in [0.05, 0.1) is 6.54 Å². The summed E-state index contributed by atoms with van der Waals surface area (Å²) in [6, 6.07) is 17.3. The molecule has 1 fully saturated rings. The number of nitrogens with zero attached hydrogens (tertiary/aromatic N) is 3. The first kappa shape index (κ1) is 25.2. The number of carbonyl (C=O) groups excluding carboxylic acids is 2. The summed E-state index contributed by atoms with van der Waals surface area (Å²) in [5.74, 6) is 0.582. The summed E-state index contributed by atoms with van der Waals surface area (Å²) in [6.45, 7) is 5.77. The third-order valence-electron chi connectivity index (χ3n) is 6.33. The van der Waals surface area contributed by atoms with Gasteiger partial charge in [-0.15, -0.1) is 11.3 Å². The van der Waals surface area contributed by atoms with Crippen LogP contribution in [0.2, 0.25) is 5.02 Å². The van der Waals surface area contributed by atoms with Crippen LogP contribution in [0.25, 0.3) is 0 Å². The topological polar surface area (TPSA) is 65.5 Å². The van der Waals surface area contributed by atoms with E-state index in [2.05, 4.69) is 34.6 Å². The van der Waals surface area contributed by atoms with E-state index in [1.165, 1.54) is 16.9 Å². The van der Waals surface area contributed by atoms with E-state index in [9.17, 15) is 9.59 Å². The highest BCUT2D eigenvalue weighted by molar-refractivity contribution is 7.09. The van der Waals surface area contributed by atoms with Crippen molar-refractivity contribution in [1.29, 1.82) is 0 Å². The molecule has 1 aliphatic heterocycles. The second kappa shape index (κ2) is 11.7. The number of thiazole rings is 1. The van der Waals surface area contributed by atoms with Gasteiger partial charge >= 0.3 is 6.03 Å². The van der Waals surface area contributed by atoms with Gasteiger partial charge in [-0.25, -0.2) is 9.78 Å². The van der Waals surface area contributed by atoms with Crippen molar-refractivity contribution in [1.82, 2.24) is 14.8 Å². The number of hydrogen-bond donors (Lipinski definition) is 1. The van der Waals surface area contributed by atoms with Gasteiger partial charge in [0, 0.05) is 35.2 Å². The molecular formula is C27H31ClN4O2S. The maximum atomic E-state index is 13.1. The number of amides is 3. The van der Waals surface area contributed by atoms with Crippen LogP contribution < -0.4 is 5.32 Å². The van der Waals surface area contributed by atoms with E-state index in [0.29, 0.717) is 28.9 Å². The number of aromatic nitrogens is 1. The minimum atomic E-state index is -0.217. The van der Waals surface area contributed by atoms with Crippen molar-refractivity contribution >= 4 is 40.6 Å². The Morgan fingerprint density at radius 1 is 1.11 bits per heavy atom. The highest BCUT2D eigenvalue weighted by Crippen LogP contribution is 2.24. The predicted molar refractivity (Wildman–Crippen MR) is 142 cm³/mol. The van der Waals surface area contributed by atoms with Gasteiger partial charge in [-0.05, 0) is 68.9 Å². The van der Waals surface area contributed by atoms with E-state index >= 15 is 0 Å². The number of nitrogens with one attached hydrogen (secondary N) is 1. The normalized spacial score (nSPS) is 14.2. The van der Waals surface area contributed by atoms with Gasteiger partial charge in [0.25, 0.3) is 5.91 Å². The molecule has 2 aromatic carbocycles. The SMILES string of the molecule is CC(C)N(Cc1nc(C(=O)N2CCC(Cc3ccccc3)CC2)cs1)C(=O)Nc1ccc(Cl)cc1. The van der Waals surface area contributed by atoms with E-state index in [1.807, 2.05) is 30.2 Å². The molecule has 0 aliphatic carbocycles. The molecule has 4 rings (SSSR count). The second-order valence-corrected chi connectivity index (χ2v) is 10.6. The average molecular weight is 511 g/mol. The quantitative estimate of drug-likeness (QED) is 0.403. The number of anilines is 1. The highest BCUT2D eigenvalue weighted by Gasteiger charge is 2.26. The van der Waals surface area contributed by atoms with E-state index in [-0.39, 0.29) is 18.0 Å². The molecule has 3 amide bonds. The largest absolute Gasteiger partial charge is 0.337 e. The zero-order valence-electron chi connectivity index (χ0n) is 20.1. The van der Waals surface area contributed by atoms with Gasteiger partial charge in [-0.3, -0.25) is 4.79 Å². The Morgan fingerprint density at radius 3 is 2.46 bits per heavy atom. The number of carbonyl (C=O) groups is 2. The Labute approximate surface area is 215 Å². The summed E-state index contributed by atoms with van der Waals surface area (Å²) in [5.41, 5.74) is 2.50. The number of halogens is 1. The van der Waals surface area contributed by atoms with Crippen LogP contribution in [-0.2, 0) is 13.0 Å². The van der Waals surface area contributed by atoms with Crippen molar-refractivity contribution in [2.24, 2.45) is 5.92 Å². The Kier molecular flexibility index (Phi) is 8.42. The molecule has 1 saturated heterocycles. The number of piperidine rings is 1. The molecule has 1 aliphatic rings. The molecule has 184 valence electrons. The first-order valence-electron chi connectivity index (χ1n) is 12.0. The zero-order valence-corrected chi connectivity index (χ0v) is 21.7. The van der Waals surface area contributed by atoms with Crippen LogP contribution in [0.15, 0.2) is 60.0 Å². The van der Waals surface area contributed by atoms with Crippen molar-refractivity contribution in [3.8, 4) is 0 Å². The summed E-state index contributed by atoms with van der Waals surface area (Å²) < 4.78 is 0. The van der Waals surface area contributed by atoms with Crippen LogP contribution in [-0.4, -0.2) is 45.9 Å². The Bertz CT molecular complexity index is 1130. The van der Waals surface area contributed by atoms with Crippen LogP contribution in [0.3, 0.4) is 0 Å². The molecule has 0 atom stereocenters. The van der Waals surface area contributed by atoms with Crippen molar-refractivity contribution in [3.63, 3.8) is 0 Å². The van der Waals surface area contributed by atoms with Crippen molar-refractivity contribution in [3.05, 3.63) is 81.3 Å². The van der Waals surface area contributed by atoms with E-state index < -0.39 is 0 Å². The Morgan fingerprint density at radius 2 is 1.80 bits per heavy atom. The monoisotopic (exact) mass is 510 g/mol. The van der Waals surface area contributed by atoms with Crippen LogP contribution in [0.4, 0.5) is 10.5 Å².